The van der Waals surface area contributed by atoms with Crippen molar-refractivity contribution in [2.75, 3.05) is 13.7 Å². The summed E-state index contributed by atoms with van der Waals surface area (Å²) in [5.41, 5.74) is 3.41. The van der Waals surface area contributed by atoms with Crippen LogP contribution in [0.4, 0.5) is 0 Å². The number of ether oxygens (including phenoxy) is 4. The molecule has 0 aliphatic heterocycles. The number of hydrazone groups is 1. The van der Waals surface area contributed by atoms with Crippen LogP contribution in [0.5, 0.6) is 23.0 Å². The summed E-state index contributed by atoms with van der Waals surface area (Å²) in [4.78, 5) is 24.7. The van der Waals surface area contributed by atoms with E-state index in [9.17, 15) is 9.59 Å². The molecule has 8 nitrogen and oxygen atoms in total. The lowest BCUT2D eigenvalue weighted by molar-refractivity contribution is -0.127. The third-order valence-electron chi connectivity index (χ3n) is 4.66. The van der Waals surface area contributed by atoms with Gasteiger partial charge in [0.2, 0.25) is 0 Å². The summed E-state index contributed by atoms with van der Waals surface area (Å²) in [7, 11) is 1.46. The van der Waals surface area contributed by atoms with E-state index in [1.807, 2.05) is 6.92 Å². The number of nitrogens with zero attached hydrogens (tertiary/aromatic N) is 1. The number of carbonyl (C=O) groups is 2. The fraction of sp³-hybridized carbons (Fsp3) is 0.192. The van der Waals surface area contributed by atoms with Crippen LogP contribution in [-0.4, -0.2) is 37.9 Å². The molecule has 0 aliphatic carbocycles. The number of hydrogen-bond acceptors (Lipinski definition) is 7. The van der Waals surface area contributed by atoms with Crippen LogP contribution in [0.25, 0.3) is 0 Å². The second-order valence-electron chi connectivity index (χ2n) is 7.21. The van der Waals surface area contributed by atoms with Crippen LogP contribution in [-0.2, 0) is 4.79 Å². The predicted octanol–water partition coefficient (Wildman–Crippen LogP) is 4.88. The highest BCUT2D eigenvalue weighted by Gasteiger charge is 2.15. The first-order valence-electron chi connectivity index (χ1n) is 10.8. The molecule has 1 amide bonds. The number of hydrogen-bond donors (Lipinski definition) is 1. The summed E-state index contributed by atoms with van der Waals surface area (Å²) in [6, 6.07) is 18.3. The number of carbonyl (C=O) groups excluding carboxylic acids is 2. The van der Waals surface area contributed by atoms with E-state index in [0.29, 0.717) is 40.0 Å². The van der Waals surface area contributed by atoms with Crippen LogP contribution < -0.4 is 24.4 Å². The van der Waals surface area contributed by atoms with Crippen LogP contribution in [0.1, 0.15) is 29.8 Å². The van der Waals surface area contributed by atoms with Crippen LogP contribution in [0.2, 0.25) is 5.02 Å². The minimum atomic E-state index is -0.787. The van der Waals surface area contributed by atoms with E-state index < -0.39 is 18.0 Å². The Balaban J connectivity index is 1.59. The summed E-state index contributed by atoms with van der Waals surface area (Å²) in [6.45, 7) is 4.02. The topological polar surface area (TPSA) is 95.5 Å². The predicted molar refractivity (Wildman–Crippen MR) is 133 cm³/mol. The van der Waals surface area contributed by atoms with E-state index in [1.165, 1.54) is 13.3 Å². The Bertz CT molecular complexity index is 1200. The lowest BCUT2D eigenvalue weighted by atomic mass is 10.2. The number of methoxy groups -OCH3 is 1. The van der Waals surface area contributed by atoms with E-state index >= 15 is 0 Å². The fourth-order valence-electron chi connectivity index (χ4n) is 2.92. The van der Waals surface area contributed by atoms with Gasteiger partial charge in [-0.2, -0.15) is 5.10 Å². The standard InChI is InChI=1S/C26H25ClN2O6/c1-4-33-21-11-9-19(10-12-21)26(31)35-23-13-8-18(14-24(23)32-3)16-28-29-25(30)17(2)34-22-7-5-6-20(27)15-22/h5-17H,4H2,1-3H3,(H,29,30)/b28-16-/t17-/m1/s1. The number of nitrogens with one attached hydrogen (secondary N) is 1. The maximum Gasteiger partial charge on any atom is 0.343 e. The van der Waals surface area contributed by atoms with Gasteiger partial charge in [0.05, 0.1) is 25.5 Å². The van der Waals surface area contributed by atoms with Crippen LogP contribution in [0.3, 0.4) is 0 Å². The van der Waals surface area contributed by atoms with E-state index in [-0.39, 0.29) is 5.75 Å². The molecule has 1 atom stereocenters. The Kier molecular flexibility index (Phi) is 9.09. The Morgan fingerprint density at radius 3 is 2.49 bits per heavy atom. The molecular formula is C26H25ClN2O6. The van der Waals surface area contributed by atoms with Crippen molar-refractivity contribution in [3.8, 4) is 23.0 Å². The Hall–Kier alpha value is -4.04. The van der Waals surface area contributed by atoms with Crippen molar-refractivity contribution in [2.24, 2.45) is 5.10 Å². The minimum Gasteiger partial charge on any atom is -0.494 e. The first-order valence-corrected chi connectivity index (χ1v) is 11.2. The summed E-state index contributed by atoms with van der Waals surface area (Å²) in [5.74, 6) is 0.753. The zero-order chi connectivity index (χ0) is 25.2. The van der Waals surface area contributed by atoms with Gasteiger partial charge in [0.1, 0.15) is 11.5 Å². The van der Waals surface area contributed by atoms with E-state index in [1.54, 1.807) is 73.7 Å². The van der Waals surface area contributed by atoms with E-state index in [0.717, 1.165) is 0 Å². The number of halogens is 1. The Morgan fingerprint density at radius 1 is 1.03 bits per heavy atom. The highest BCUT2D eigenvalue weighted by atomic mass is 35.5. The van der Waals surface area contributed by atoms with Gasteiger partial charge < -0.3 is 18.9 Å². The maximum absolute atomic E-state index is 12.5. The van der Waals surface area contributed by atoms with Gasteiger partial charge in [-0.1, -0.05) is 17.7 Å². The van der Waals surface area contributed by atoms with Crippen LogP contribution >= 0.6 is 11.6 Å². The quantitative estimate of drug-likeness (QED) is 0.186. The van der Waals surface area contributed by atoms with Gasteiger partial charge in [0, 0.05) is 5.02 Å². The maximum atomic E-state index is 12.5. The molecule has 0 unspecified atom stereocenters. The summed E-state index contributed by atoms with van der Waals surface area (Å²) in [5, 5.41) is 4.46. The monoisotopic (exact) mass is 496 g/mol. The lowest BCUT2D eigenvalue weighted by Crippen LogP contribution is -2.33. The normalized spacial score (nSPS) is 11.5. The summed E-state index contributed by atoms with van der Waals surface area (Å²) < 4.78 is 21.7. The first-order chi connectivity index (χ1) is 16.9. The van der Waals surface area contributed by atoms with Gasteiger partial charge in [0.25, 0.3) is 5.91 Å². The number of benzene rings is 3. The van der Waals surface area contributed by atoms with Crippen LogP contribution in [0, 0.1) is 0 Å². The molecule has 0 saturated heterocycles. The van der Waals surface area contributed by atoms with Crippen molar-refractivity contribution < 1.29 is 28.5 Å². The molecule has 0 aliphatic rings. The molecule has 3 aromatic rings. The second kappa shape index (κ2) is 12.4. The fourth-order valence-corrected chi connectivity index (χ4v) is 3.10. The van der Waals surface area contributed by atoms with E-state index in [2.05, 4.69) is 10.5 Å². The molecule has 0 aromatic heterocycles. The summed E-state index contributed by atoms with van der Waals surface area (Å²) >= 11 is 5.92. The molecule has 3 aromatic carbocycles. The molecule has 0 saturated carbocycles. The molecule has 0 bridgehead atoms. The number of esters is 1. The van der Waals surface area contributed by atoms with Gasteiger partial charge in [-0.05, 0) is 80.1 Å². The van der Waals surface area contributed by atoms with E-state index in [4.69, 9.17) is 30.5 Å². The van der Waals surface area contributed by atoms with Crippen molar-refractivity contribution >= 4 is 29.7 Å². The van der Waals surface area contributed by atoms with Crippen molar-refractivity contribution in [3.05, 3.63) is 82.9 Å². The average Bonchev–Trinajstić information content (AvgIpc) is 2.85. The van der Waals surface area contributed by atoms with Gasteiger partial charge in [-0.15, -0.1) is 0 Å². The number of amides is 1. The minimum absolute atomic E-state index is 0.246. The molecule has 35 heavy (non-hydrogen) atoms. The first kappa shape index (κ1) is 25.6. The van der Waals surface area contributed by atoms with Crippen molar-refractivity contribution in [2.45, 2.75) is 20.0 Å². The van der Waals surface area contributed by atoms with Crippen molar-refractivity contribution in [3.63, 3.8) is 0 Å². The molecule has 182 valence electrons. The molecule has 9 heteroatoms. The SMILES string of the molecule is CCOc1ccc(C(=O)Oc2ccc(/C=N\NC(=O)[C@@H](C)Oc3cccc(Cl)c3)cc2OC)cc1. The van der Waals surface area contributed by atoms with Gasteiger partial charge >= 0.3 is 5.97 Å². The lowest BCUT2D eigenvalue weighted by Gasteiger charge is -2.13. The van der Waals surface area contributed by atoms with Crippen molar-refractivity contribution in [1.29, 1.82) is 0 Å². The highest BCUT2D eigenvalue weighted by Crippen LogP contribution is 2.28. The van der Waals surface area contributed by atoms with Gasteiger partial charge in [-0.25, -0.2) is 10.2 Å². The molecule has 0 heterocycles. The van der Waals surface area contributed by atoms with Crippen molar-refractivity contribution in [1.82, 2.24) is 5.43 Å². The molecule has 1 N–H and O–H groups in total. The zero-order valence-electron chi connectivity index (χ0n) is 19.5. The van der Waals surface area contributed by atoms with Crippen LogP contribution in [0.15, 0.2) is 71.8 Å². The smallest absolute Gasteiger partial charge is 0.343 e. The zero-order valence-corrected chi connectivity index (χ0v) is 20.2. The average molecular weight is 497 g/mol. The Labute approximate surface area is 208 Å². The molecule has 0 spiro atoms. The number of rotatable bonds is 10. The largest absolute Gasteiger partial charge is 0.494 e. The third-order valence-corrected chi connectivity index (χ3v) is 4.89. The van der Waals surface area contributed by atoms with Gasteiger partial charge in [-0.3, -0.25) is 4.79 Å². The molecule has 3 rings (SSSR count). The van der Waals surface area contributed by atoms with Gasteiger partial charge in [0.15, 0.2) is 17.6 Å². The summed E-state index contributed by atoms with van der Waals surface area (Å²) in [6.07, 6.45) is 0.648. The molecule has 0 fully saturated rings. The molecular weight excluding hydrogens is 472 g/mol. The second-order valence-corrected chi connectivity index (χ2v) is 7.65. The highest BCUT2D eigenvalue weighted by molar-refractivity contribution is 6.30. The third kappa shape index (κ3) is 7.48. The molecule has 0 radical (unpaired) electrons. The Morgan fingerprint density at radius 2 is 1.80 bits per heavy atom.